The van der Waals surface area contributed by atoms with E-state index in [1.807, 2.05) is 25.3 Å². The van der Waals surface area contributed by atoms with Crippen LogP contribution < -0.4 is 5.32 Å². The molecule has 0 radical (unpaired) electrons. The van der Waals surface area contributed by atoms with Crippen LogP contribution in [0.1, 0.15) is 46.2 Å². The van der Waals surface area contributed by atoms with E-state index in [2.05, 4.69) is 15.5 Å². The van der Waals surface area contributed by atoms with E-state index in [0.29, 0.717) is 40.7 Å². The van der Waals surface area contributed by atoms with Gasteiger partial charge in [0.1, 0.15) is 28.4 Å². The molecule has 0 bridgehead atoms. The van der Waals surface area contributed by atoms with Gasteiger partial charge in [-0.25, -0.2) is 13.2 Å². The van der Waals surface area contributed by atoms with Gasteiger partial charge >= 0.3 is 5.97 Å². The van der Waals surface area contributed by atoms with Crippen molar-refractivity contribution in [3.05, 3.63) is 87.1 Å². The summed E-state index contributed by atoms with van der Waals surface area (Å²) in [7, 11) is 0. The van der Waals surface area contributed by atoms with Gasteiger partial charge in [0.2, 0.25) is 0 Å². The number of carboxylic acid groups (broad SMARTS) is 1. The predicted molar refractivity (Wildman–Crippen MR) is 135 cm³/mol. The SMILES string of the molecule is Cc1sc2c(c1C)C(c1ccc(Nc3c(F)cc(F)cc3F)cc1)=NC([C@H](C)C(=O)O)c1nnc(C)n1-2. The predicted octanol–water partition coefficient (Wildman–Crippen LogP) is 6.03. The Morgan fingerprint density at radius 2 is 1.73 bits per heavy atom. The van der Waals surface area contributed by atoms with Crippen LogP contribution in [0.4, 0.5) is 24.5 Å². The number of aliphatic carboxylic acids is 1. The van der Waals surface area contributed by atoms with Gasteiger partial charge in [-0.3, -0.25) is 14.4 Å². The number of aromatic nitrogens is 3. The van der Waals surface area contributed by atoms with E-state index in [0.717, 1.165) is 21.0 Å². The molecule has 37 heavy (non-hydrogen) atoms. The van der Waals surface area contributed by atoms with E-state index in [9.17, 15) is 23.1 Å². The van der Waals surface area contributed by atoms with Crippen LogP contribution in [-0.4, -0.2) is 31.6 Å². The summed E-state index contributed by atoms with van der Waals surface area (Å²) in [6.07, 6.45) is 0. The quantitative estimate of drug-likeness (QED) is 0.332. The summed E-state index contributed by atoms with van der Waals surface area (Å²) in [5.41, 5.74) is 3.04. The number of benzene rings is 2. The Kier molecular flexibility index (Phi) is 6.10. The third-order valence-electron chi connectivity index (χ3n) is 6.49. The molecule has 0 saturated carbocycles. The Hall–Kier alpha value is -3.99. The number of aryl methyl sites for hydroxylation is 2. The maximum Gasteiger partial charge on any atom is 0.308 e. The zero-order chi connectivity index (χ0) is 26.6. The number of carboxylic acids is 1. The summed E-state index contributed by atoms with van der Waals surface area (Å²) in [6, 6.07) is 7.13. The maximum atomic E-state index is 14.1. The fraction of sp³-hybridized carbons (Fsp3) is 0.231. The number of nitrogens with one attached hydrogen (secondary N) is 1. The highest BCUT2D eigenvalue weighted by Gasteiger charge is 2.36. The van der Waals surface area contributed by atoms with Gasteiger partial charge in [0.15, 0.2) is 17.5 Å². The molecule has 2 aromatic carbocycles. The monoisotopic (exact) mass is 525 g/mol. The second kappa shape index (κ2) is 9.15. The largest absolute Gasteiger partial charge is 0.481 e. The molecular formula is C26H22F3N5O2S. The molecular weight excluding hydrogens is 503 g/mol. The number of hydrogen-bond donors (Lipinski definition) is 2. The van der Waals surface area contributed by atoms with Crippen molar-refractivity contribution in [2.45, 2.75) is 33.7 Å². The van der Waals surface area contributed by atoms with Gasteiger partial charge in [-0.1, -0.05) is 12.1 Å². The van der Waals surface area contributed by atoms with Gasteiger partial charge in [-0.05, 0) is 45.4 Å². The van der Waals surface area contributed by atoms with Crippen LogP contribution >= 0.6 is 11.3 Å². The Bertz CT molecular complexity index is 1550. The number of hydrogen-bond acceptors (Lipinski definition) is 6. The molecule has 0 spiro atoms. The van der Waals surface area contributed by atoms with E-state index in [4.69, 9.17) is 4.99 Å². The summed E-state index contributed by atoms with van der Waals surface area (Å²) in [5, 5.41) is 21.8. The van der Waals surface area contributed by atoms with Gasteiger partial charge < -0.3 is 10.4 Å². The van der Waals surface area contributed by atoms with Crippen molar-refractivity contribution in [1.82, 2.24) is 14.8 Å². The molecule has 0 amide bonds. The summed E-state index contributed by atoms with van der Waals surface area (Å²) in [4.78, 5) is 18.0. The highest BCUT2D eigenvalue weighted by Crippen LogP contribution is 2.40. The highest BCUT2D eigenvalue weighted by molar-refractivity contribution is 7.15. The molecule has 2 aromatic heterocycles. The fourth-order valence-electron chi connectivity index (χ4n) is 4.33. The molecule has 1 unspecified atom stereocenters. The topological polar surface area (TPSA) is 92.4 Å². The minimum atomic E-state index is -1.05. The van der Waals surface area contributed by atoms with Crippen LogP contribution in [0.2, 0.25) is 0 Å². The Labute approximate surface area is 214 Å². The third kappa shape index (κ3) is 4.18. The minimum absolute atomic E-state index is 0.379. The minimum Gasteiger partial charge on any atom is -0.481 e. The zero-order valence-electron chi connectivity index (χ0n) is 20.3. The molecule has 2 N–H and O–H groups in total. The first kappa shape index (κ1) is 24.7. The molecule has 11 heteroatoms. The first-order valence-corrected chi connectivity index (χ1v) is 12.2. The molecule has 0 aliphatic carbocycles. The van der Waals surface area contributed by atoms with Crippen molar-refractivity contribution in [3.63, 3.8) is 0 Å². The van der Waals surface area contributed by atoms with E-state index >= 15 is 0 Å². The maximum absolute atomic E-state index is 14.1. The molecule has 0 saturated heterocycles. The van der Waals surface area contributed by atoms with Crippen LogP contribution in [0.15, 0.2) is 41.4 Å². The average Bonchev–Trinajstić information content (AvgIpc) is 3.31. The number of aliphatic imine (C=N–C) groups is 1. The third-order valence-corrected chi connectivity index (χ3v) is 7.68. The molecule has 3 heterocycles. The summed E-state index contributed by atoms with van der Waals surface area (Å²) < 4.78 is 43.4. The van der Waals surface area contributed by atoms with Crippen molar-refractivity contribution in [3.8, 4) is 5.00 Å². The summed E-state index contributed by atoms with van der Waals surface area (Å²) in [5.74, 6) is -3.92. The normalized spacial score (nSPS) is 15.4. The molecule has 7 nitrogen and oxygen atoms in total. The van der Waals surface area contributed by atoms with Crippen LogP contribution in [-0.2, 0) is 4.79 Å². The van der Waals surface area contributed by atoms with E-state index < -0.39 is 41.1 Å². The van der Waals surface area contributed by atoms with Crippen molar-refractivity contribution in [2.75, 3.05) is 5.32 Å². The van der Waals surface area contributed by atoms with Crippen LogP contribution in [0.25, 0.3) is 5.00 Å². The smallest absolute Gasteiger partial charge is 0.308 e. The van der Waals surface area contributed by atoms with Gasteiger partial charge in [0.05, 0.1) is 11.6 Å². The summed E-state index contributed by atoms with van der Waals surface area (Å²) in [6.45, 7) is 7.38. The van der Waals surface area contributed by atoms with Crippen molar-refractivity contribution in [2.24, 2.45) is 10.9 Å². The van der Waals surface area contributed by atoms with Crippen LogP contribution in [0.5, 0.6) is 0 Å². The molecule has 4 aromatic rings. The molecule has 1 aliphatic rings. The lowest BCUT2D eigenvalue weighted by Gasteiger charge is -2.16. The van der Waals surface area contributed by atoms with Crippen molar-refractivity contribution in [1.29, 1.82) is 0 Å². The van der Waals surface area contributed by atoms with Crippen molar-refractivity contribution < 1.29 is 23.1 Å². The molecule has 0 fully saturated rings. The van der Waals surface area contributed by atoms with E-state index in [-0.39, 0.29) is 0 Å². The van der Waals surface area contributed by atoms with Crippen LogP contribution in [0.3, 0.4) is 0 Å². The first-order chi connectivity index (χ1) is 17.6. The second-order valence-corrected chi connectivity index (χ2v) is 10.1. The fourth-order valence-corrected chi connectivity index (χ4v) is 5.55. The molecule has 1 aliphatic heterocycles. The lowest BCUT2D eigenvalue weighted by molar-refractivity contribution is -0.141. The van der Waals surface area contributed by atoms with Gasteiger partial charge in [0, 0.05) is 33.8 Å². The number of carbonyl (C=O) groups is 1. The van der Waals surface area contributed by atoms with E-state index in [1.54, 1.807) is 42.5 Å². The zero-order valence-corrected chi connectivity index (χ0v) is 21.1. The Morgan fingerprint density at radius 1 is 1.08 bits per heavy atom. The van der Waals surface area contributed by atoms with E-state index in [1.165, 1.54) is 0 Å². The number of fused-ring (bicyclic) bond motifs is 3. The first-order valence-electron chi connectivity index (χ1n) is 11.4. The number of nitrogens with zero attached hydrogens (tertiary/aromatic N) is 4. The van der Waals surface area contributed by atoms with Crippen LogP contribution in [0, 0.1) is 44.1 Å². The number of rotatable bonds is 5. The molecule has 190 valence electrons. The molecule has 5 rings (SSSR count). The average molecular weight is 526 g/mol. The summed E-state index contributed by atoms with van der Waals surface area (Å²) >= 11 is 1.55. The molecule has 2 atom stereocenters. The van der Waals surface area contributed by atoms with Gasteiger partial charge in [-0.15, -0.1) is 21.5 Å². The number of anilines is 2. The number of halogens is 3. The second-order valence-electron chi connectivity index (χ2n) is 8.90. The number of thiophene rings is 1. The standard InChI is InChI=1S/C26H22F3N5O2S/c1-11-13(3)37-25-20(11)22(31-21(12(2)26(35)36)24-33-32-14(4)34(24)25)15-5-7-17(8-6-15)30-23-18(28)9-16(27)10-19(23)29/h5-10,12,21,30H,1-4H3,(H,35,36)/t12-,21?/m0/s1. The highest BCUT2D eigenvalue weighted by atomic mass is 32.1. The Morgan fingerprint density at radius 3 is 2.35 bits per heavy atom. The van der Waals surface area contributed by atoms with Gasteiger partial charge in [0.25, 0.3) is 0 Å². The Balaban J connectivity index is 1.63. The lowest BCUT2D eigenvalue weighted by Crippen LogP contribution is -2.21. The lowest BCUT2D eigenvalue weighted by atomic mass is 9.98. The van der Waals surface area contributed by atoms with Crippen molar-refractivity contribution >= 4 is 34.4 Å². The van der Waals surface area contributed by atoms with Gasteiger partial charge in [-0.2, -0.15) is 0 Å².